The third-order valence-corrected chi connectivity index (χ3v) is 6.69. The van der Waals surface area contributed by atoms with Gasteiger partial charge in [0.15, 0.2) is 11.5 Å². The first kappa shape index (κ1) is 27.0. The molecule has 0 aliphatic heterocycles. The van der Waals surface area contributed by atoms with Crippen molar-refractivity contribution in [1.82, 2.24) is 0 Å². The molecule has 36 heavy (non-hydrogen) atoms. The van der Waals surface area contributed by atoms with Crippen LogP contribution in [0, 0.1) is 0 Å². The van der Waals surface area contributed by atoms with E-state index in [4.69, 9.17) is 30.5 Å². The molecule has 0 heterocycles. The molecule has 3 rings (SSSR count). The molecule has 0 aliphatic rings. The molecule has 1 N–H and O–H groups in total. The molecular weight excluding hydrogens is 508 g/mol. The van der Waals surface area contributed by atoms with Crippen LogP contribution in [0.4, 0.5) is 11.4 Å². The molecule has 3 aromatic carbocycles. The Balaban J connectivity index is 2.13. The van der Waals surface area contributed by atoms with Gasteiger partial charge in [-0.25, -0.2) is 8.42 Å². The normalized spacial score (nSPS) is 10.9. The molecule has 192 valence electrons. The second kappa shape index (κ2) is 11.4. The van der Waals surface area contributed by atoms with Gasteiger partial charge >= 0.3 is 0 Å². The highest BCUT2D eigenvalue weighted by Crippen LogP contribution is 2.38. The molecule has 0 atom stereocenters. The van der Waals surface area contributed by atoms with E-state index in [1.807, 2.05) is 0 Å². The van der Waals surface area contributed by atoms with Gasteiger partial charge in [-0.2, -0.15) is 0 Å². The van der Waals surface area contributed by atoms with Crippen LogP contribution in [0.2, 0.25) is 5.02 Å². The van der Waals surface area contributed by atoms with E-state index in [0.29, 0.717) is 27.8 Å². The first-order valence-electron chi connectivity index (χ1n) is 10.6. The second-order valence-corrected chi connectivity index (χ2v) is 9.98. The predicted molar refractivity (Wildman–Crippen MR) is 140 cm³/mol. The van der Waals surface area contributed by atoms with Crippen LogP contribution in [-0.2, 0) is 16.6 Å². The van der Waals surface area contributed by atoms with Crippen molar-refractivity contribution in [3.05, 3.63) is 70.7 Å². The SMILES string of the molecule is COc1ccc(NC(=O)c2cc(OC)c(OC)cc2N(Cc2ccc(Cl)cc2)S(C)(=O)=O)c(OC)c1. The Morgan fingerprint density at radius 2 is 1.47 bits per heavy atom. The van der Waals surface area contributed by atoms with Gasteiger partial charge in [0.05, 0.1) is 58.2 Å². The average Bonchev–Trinajstić information content (AvgIpc) is 2.87. The Morgan fingerprint density at radius 1 is 0.861 bits per heavy atom. The van der Waals surface area contributed by atoms with Gasteiger partial charge < -0.3 is 24.3 Å². The third kappa shape index (κ3) is 6.13. The Morgan fingerprint density at radius 3 is 2.03 bits per heavy atom. The molecular formula is C25H27ClN2O7S. The topological polar surface area (TPSA) is 103 Å². The number of hydrogen-bond acceptors (Lipinski definition) is 7. The number of methoxy groups -OCH3 is 4. The van der Waals surface area contributed by atoms with Crippen LogP contribution in [0.3, 0.4) is 0 Å². The molecule has 0 fully saturated rings. The van der Waals surface area contributed by atoms with Gasteiger partial charge in [0, 0.05) is 17.2 Å². The zero-order chi connectivity index (χ0) is 26.5. The Kier molecular flexibility index (Phi) is 8.54. The summed E-state index contributed by atoms with van der Waals surface area (Å²) in [4.78, 5) is 13.5. The summed E-state index contributed by atoms with van der Waals surface area (Å²) in [7, 11) is 1.99. The molecule has 11 heteroatoms. The summed E-state index contributed by atoms with van der Waals surface area (Å²) in [5.74, 6) is 0.844. The summed E-state index contributed by atoms with van der Waals surface area (Å²) in [5.41, 5.74) is 1.19. The van der Waals surface area contributed by atoms with E-state index in [1.54, 1.807) is 42.5 Å². The summed E-state index contributed by atoms with van der Waals surface area (Å²) in [6.45, 7) is -0.0440. The van der Waals surface area contributed by atoms with Crippen molar-refractivity contribution >= 4 is 38.9 Å². The summed E-state index contributed by atoms with van der Waals surface area (Å²) < 4.78 is 48.3. The van der Waals surface area contributed by atoms with Crippen LogP contribution in [0.15, 0.2) is 54.6 Å². The van der Waals surface area contributed by atoms with Crippen LogP contribution in [0.5, 0.6) is 23.0 Å². The molecule has 3 aromatic rings. The largest absolute Gasteiger partial charge is 0.497 e. The number of amides is 1. The quantitative estimate of drug-likeness (QED) is 0.405. The van der Waals surface area contributed by atoms with Crippen molar-refractivity contribution in [2.24, 2.45) is 0 Å². The Labute approximate surface area is 215 Å². The van der Waals surface area contributed by atoms with E-state index in [0.717, 1.165) is 10.6 Å². The fraction of sp³-hybridized carbons (Fsp3) is 0.240. The van der Waals surface area contributed by atoms with Crippen LogP contribution in [-0.4, -0.2) is 49.0 Å². The standard InChI is InChI=1S/C25H27ClN2O7S/c1-32-18-10-11-20(22(12-18)33-2)27-25(29)19-13-23(34-3)24(35-4)14-21(19)28(36(5,30)31)15-16-6-8-17(26)9-7-16/h6-14H,15H2,1-5H3,(H,27,29). The summed E-state index contributed by atoms with van der Waals surface area (Å²) in [6, 6.07) is 14.5. The molecule has 1 amide bonds. The lowest BCUT2D eigenvalue weighted by atomic mass is 10.1. The monoisotopic (exact) mass is 534 g/mol. The number of ether oxygens (including phenoxy) is 4. The minimum Gasteiger partial charge on any atom is -0.497 e. The highest BCUT2D eigenvalue weighted by atomic mass is 35.5. The number of carbonyl (C=O) groups excluding carboxylic acids is 1. The van der Waals surface area contributed by atoms with Gasteiger partial charge in [-0.15, -0.1) is 0 Å². The van der Waals surface area contributed by atoms with Crippen LogP contribution >= 0.6 is 11.6 Å². The number of anilines is 2. The number of sulfonamides is 1. The van der Waals surface area contributed by atoms with Crippen molar-refractivity contribution in [2.75, 3.05) is 44.3 Å². The van der Waals surface area contributed by atoms with E-state index in [2.05, 4.69) is 5.32 Å². The van der Waals surface area contributed by atoms with E-state index in [-0.39, 0.29) is 29.3 Å². The molecule has 0 bridgehead atoms. The predicted octanol–water partition coefficient (Wildman–Crippen LogP) is 4.59. The lowest BCUT2D eigenvalue weighted by Gasteiger charge is -2.26. The van der Waals surface area contributed by atoms with Crippen LogP contribution in [0.1, 0.15) is 15.9 Å². The van der Waals surface area contributed by atoms with Gasteiger partial charge in [0.2, 0.25) is 10.0 Å². The molecule has 9 nitrogen and oxygen atoms in total. The summed E-state index contributed by atoms with van der Waals surface area (Å²) >= 11 is 5.98. The molecule has 0 saturated carbocycles. The highest BCUT2D eigenvalue weighted by Gasteiger charge is 2.27. The third-order valence-electron chi connectivity index (χ3n) is 5.31. The van der Waals surface area contributed by atoms with Crippen LogP contribution in [0.25, 0.3) is 0 Å². The fourth-order valence-corrected chi connectivity index (χ4v) is 4.50. The maximum absolute atomic E-state index is 13.5. The number of hydrogen-bond donors (Lipinski definition) is 1. The maximum atomic E-state index is 13.5. The highest BCUT2D eigenvalue weighted by molar-refractivity contribution is 7.92. The van der Waals surface area contributed by atoms with Gasteiger partial charge in [-0.3, -0.25) is 9.10 Å². The van der Waals surface area contributed by atoms with Gasteiger partial charge in [0.25, 0.3) is 5.91 Å². The number of halogens is 1. The minimum absolute atomic E-state index is 0.0440. The molecule has 0 unspecified atom stereocenters. The van der Waals surface area contributed by atoms with Gasteiger partial charge in [0.1, 0.15) is 11.5 Å². The van der Waals surface area contributed by atoms with Gasteiger partial charge in [-0.05, 0) is 35.9 Å². The second-order valence-electron chi connectivity index (χ2n) is 7.64. The van der Waals surface area contributed by atoms with Crippen LogP contribution < -0.4 is 28.6 Å². The molecule has 0 spiro atoms. The molecule has 0 saturated heterocycles. The molecule has 0 aromatic heterocycles. The van der Waals surface area contributed by atoms with E-state index >= 15 is 0 Å². The molecule has 0 radical (unpaired) electrons. The lowest BCUT2D eigenvalue weighted by Crippen LogP contribution is -2.31. The lowest BCUT2D eigenvalue weighted by molar-refractivity contribution is 0.102. The van der Waals surface area contributed by atoms with E-state index in [9.17, 15) is 13.2 Å². The van der Waals surface area contributed by atoms with Gasteiger partial charge in [-0.1, -0.05) is 23.7 Å². The van der Waals surface area contributed by atoms with Crippen molar-refractivity contribution in [3.63, 3.8) is 0 Å². The number of benzene rings is 3. The fourth-order valence-electron chi connectivity index (χ4n) is 3.48. The number of nitrogens with zero attached hydrogens (tertiary/aromatic N) is 1. The van der Waals surface area contributed by atoms with Crippen molar-refractivity contribution in [2.45, 2.75) is 6.54 Å². The first-order valence-corrected chi connectivity index (χ1v) is 12.9. The van der Waals surface area contributed by atoms with Crippen molar-refractivity contribution in [1.29, 1.82) is 0 Å². The zero-order valence-corrected chi connectivity index (χ0v) is 22.1. The van der Waals surface area contributed by atoms with E-state index in [1.165, 1.54) is 40.6 Å². The average molecular weight is 535 g/mol. The minimum atomic E-state index is -3.84. The summed E-state index contributed by atoms with van der Waals surface area (Å²) in [5, 5.41) is 3.30. The molecule has 0 aliphatic carbocycles. The Bertz CT molecular complexity index is 1350. The van der Waals surface area contributed by atoms with Crippen molar-refractivity contribution in [3.8, 4) is 23.0 Å². The zero-order valence-electron chi connectivity index (χ0n) is 20.5. The Hall–Kier alpha value is -3.63. The first-order chi connectivity index (χ1) is 17.1. The smallest absolute Gasteiger partial charge is 0.258 e. The number of nitrogens with one attached hydrogen (secondary N) is 1. The summed E-state index contributed by atoms with van der Waals surface area (Å²) in [6.07, 6.45) is 1.06. The van der Waals surface area contributed by atoms with Crippen molar-refractivity contribution < 1.29 is 32.2 Å². The maximum Gasteiger partial charge on any atom is 0.258 e. The van der Waals surface area contributed by atoms with E-state index < -0.39 is 15.9 Å². The number of rotatable bonds is 10. The number of carbonyl (C=O) groups is 1.